The van der Waals surface area contributed by atoms with Crippen LogP contribution < -0.4 is 15.0 Å². The molecule has 4 atom stereocenters. The zero-order valence-corrected chi connectivity index (χ0v) is 26.3. The van der Waals surface area contributed by atoms with Crippen molar-refractivity contribution in [1.29, 1.82) is 0 Å². The fourth-order valence-electron chi connectivity index (χ4n) is 8.37. The monoisotopic (exact) mass is 645 g/mol. The number of anilines is 1. The number of hydrogen-bond donors (Lipinski definition) is 2. The van der Waals surface area contributed by atoms with Gasteiger partial charge in [0.05, 0.1) is 36.9 Å². The smallest absolute Gasteiger partial charge is 0.319 e. The molecule has 2 N–H and O–H groups in total. The highest BCUT2D eigenvalue weighted by Gasteiger charge is 2.47. The first-order valence-electron chi connectivity index (χ1n) is 16.4. The highest BCUT2D eigenvalue weighted by atomic mass is 35.5. The maximum absolute atomic E-state index is 16.9. The third-order valence-electron chi connectivity index (χ3n) is 10.7. The second kappa shape index (κ2) is 11.2. The highest BCUT2D eigenvalue weighted by Crippen LogP contribution is 2.43. The van der Waals surface area contributed by atoms with Gasteiger partial charge in [0.2, 0.25) is 0 Å². The van der Waals surface area contributed by atoms with Crippen LogP contribution in [-0.2, 0) is 9.47 Å². The normalized spacial score (nSPS) is 27.0. The Kier molecular flexibility index (Phi) is 7.01. The molecule has 0 spiro atoms. The van der Waals surface area contributed by atoms with Gasteiger partial charge in [0.25, 0.3) is 0 Å². The van der Waals surface area contributed by atoms with E-state index in [4.69, 9.17) is 35.8 Å². The SMILES string of the molecule is Oc1cc(-c2c(Cl)cc3c(N4CC5CCC(C4)N5)nc(OCC4(CN5C6CCC5COC6)COC4)nc3c2F)c2ccccc2c1. The van der Waals surface area contributed by atoms with E-state index in [0.717, 1.165) is 69.3 Å². The van der Waals surface area contributed by atoms with Crippen LogP contribution in [0.3, 0.4) is 0 Å². The number of hydrogen-bond acceptors (Lipinski definition) is 9. The average molecular weight is 646 g/mol. The van der Waals surface area contributed by atoms with E-state index >= 15 is 4.39 Å². The summed E-state index contributed by atoms with van der Waals surface area (Å²) >= 11 is 6.92. The van der Waals surface area contributed by atoms with Crippen LogP contribution in [-0.4, -0.2) is 96.8 Å². The van der Waals surface area contributed by atoms with Crippen LogP contribution in [0.25, 0.3) is 32.8 Å². The Hall–Kier alpha value is -3.28. The first-order valence-corrected chi connectivity index (χ1v) is 16.8. The molecule has 4 bridgehead atoms. The van der Waals surface area contributed by atoms with Crippen LogP contribution in [0.4, 0.5) is 10.2 Å². The Morgan fingerprint density at radius 1 is 0.978 bits per heavy atom. The van der Waals surface area contributed by atoms with Crippen molar-refractivity contribution in [3.63, 3.8) is 0 Å². The molecule has 3 aromatic carbocycles. The Morgan fingerprint density at radius 3 is 2.48 bits per heavy atom. The summed E-state index contributed by atoms with van der Waals surface area (Å²) in [5, 5.41) is 16.6. The van der Waals surface area contributed by atoms with Crippen molar-refractivity contribution in [1.82, 2.24) is 20.2 Å². The zero-order chi connectivity index (χ0) is 31.0. The summed E-state index contributed by atoms with van der Waals surface area (Å²) in [6, 6.07) is 14.3. The Balaban J connectivity index is 1.12. The molecule has 0 aliphatic carbocycles. The van der Waals surface area contributed by atoms with E-state index in [9.17, 15) is 5.11 Å². The van der Waals surface area contributed by atoms with Crippen LogP contribution in [0.5, 0.6) is 11.8 Å². The molecule has 0 radical (unpaired) electrons. The number of halogens is 2. The topological polar surface area (TPSA) is 92.2 Å². The number of piperazine rings is 1. The Bertz CT molecular complexity index is 1810. The minimum absolute atomic E-state index is 0.0367. The molecule has 5 aliphatic rings. The van der Waals surface area contributed by atoms with Crippen LogP contribution in [0, 0.1) is 11.2 Å². The minimum atomic E-state index is -0.559. The summed E-state index contributed by atoms with van der Waals surface area (Å²) in [6.07, 6.45) is 4.52. The molecule has 0 saturated carbocycles. The molecule has 5 saturated heterocycles. The number of benzene rings is 3. The maximum Gasteiger partial charge on any atom is 0.319 e. The summed E-state index contributed by atoms with van der Waals surface area (Å²) < 4.78 is 34.9. The van der Waals surface area contributed by atoms with Gasteiger partial charge in [-0.1, -0.05) is 35.9 Å². The van der Waals surface area contributed by atoms with Gasteiger partial charge in [-0.2, -0.15) is 9.97 Å². The molecule has 240 valence electrons. The van der Waals surface area contributed by atoms with E-state index in [1.165, 1.54) is 0 Å². The third kappa shape index (κ3) is 4.88. The predicted octanol–water partition coefficient (Wildman–Crippen LogP) is 5.15. The second-order valence-corrected chi connectivity index (χ2v) is 14.3. The fraction of sp³-hybridized carbons (Fsp3) is 0.486. The lowest BCUT2D eigenvalue weighted by atomic mass is 9.85. The second-order valence-electron chi connectivity index (χ2n) is 13.9. The number of morpholine rings is 1. The largest absolute Gasteiger partial charge is 0.508 e. The molecule has 9 rings (SSSR count). The van der Waals surface area contributed by atoms with Gasteiger partial charge in [0.15, 0.2) is 5.82 Å². The van der Waals surface area contributed by atoms with Crippen LogP contribution in [0.1, 0.15) is 25.7 Å². The van der Waals surface area contributed by atoms with E-state index in [-0.39, 0.29) is 33.3 Å². The number of rotatable bonds is 7. The van der Waals surface area contributed by atoms with Gasteiger partial charge in [0.1, 0.15) is 23.7 Å². The van der Waals surface area contributed by atoms with Crippen LogP contribution in [0.15, 0.2) is 42.5 Å². The number of nitrogens with zero attached hydrogens (tertiary/aromatic N) is 4. The van der Waals surface area contributed by atoms with Crippen molar-refractivity contribution in [3.8, 4) is 22.9 Å². The van der Waals surface area contributed by atoms with Gasteiger partial charge in [-0.15, -0.1) is 0 Å². The molecule has 5 fully saturated rings. The molecule has 1 aromatic heterocycles. The summed E-state index contributed by atoms with van der Waals surface area (Å²) in [4.78, 5) is 14.5. The number of nitrogens with one attached hydrogen (secondary N) is 1. The standard InChI is InChI=1S/C35H37ClFN5O4/c36-29-11-28-32(31(37)30(29)27-10-25(43)9-20-3-1-2-4-26(20)27)39-34(40-33(28)41-12-21-5-6-22(13-41)38-21)46-19-35(17-45-18-35)16-42-23-7-8-24(42)15-44-14-23/h1-4,9-11,21-24,38,43H,5-8,12-19H2. The third-order valence-corrected chi connectivity index (χ3v) is 11.0. The van der Waals surface area contributed by atoms with Gasteiger partial charge in [-0.25, -0.2) is 4.39 Å². The molecule has 4 unspecified atom stereocenters. The van der Waals surface area contributed by atoms with Gasteiger partial charge >= 0.3 is 6.01 Å². The number of phenols is 1. The molecule has 9 nitrogen and oxygen atoms in total. The summed E-state index contributed by atoms with van der Waals surface area (Å²) in [6.45, 7) is 5.52. The van der Waals surface area contributed by atoms with E-state index in [2.05, 4.69) is 15.1 Å². The van der Waals surface area contributed by atoms with Crippen molar-refractivity contribution < 1.29 is 23.7 Å². The quantitative estimate of drug-likeness (QED) is 0.283. The molecule has 46 heavy (non-hydrogen) atoms. The summed E-state index contributed by atoms with van der Waals surface area (Å²) in [7, 11) is 0. The molecule has 0 amide bonds. The Labute approximate surface area is 271 Å². The van der Waals surface area contributed by atoms with Crippen molar-refractivity contribution in [2.75, 3.05) is 57.6 Å². The van der Waals surface area contributed by atoms with Crippen LogP contribution in [0.2, 0.25) is 5.02 Å². The molecular weight excluding hydrogens is 609 g/mol. The summed E-state index contributed by atoms with van der Waals surface area (Å²) in [5.74, 6) is 0.114. The molecule has 5 aliphatic heterocycles. The lowest BCUT2D eigenvalue weighted by Crippen LogP contribution is -2.58. The number of ether oxygens (including phenoxy) is 3. The number of aromatic hydroxyl groups is 1. The zero-order valence-electron chi connectivity index (χ0n) is 25.6. The number of fused-ring (bicyclic) bond motifs is 6. The fourth-order valence-corrected chi connectivity index (χ4v) is 8.66. The van der Waals surface area contributed by atoms with Crippen molar-refractivity contribution in [2.45, 2.75) is 49.9 Å². The maximum atomic E-state index is 16.9. The van der Waals surface area contributed by atoms with Crippen LogP contribution >= 0.6 is 11.6 Å². The molecule has 4 aromatic rings. The first-order chi connectivity index (χ1) is 22.4. The highest BCUT2D eigenvalue weighted by molar-refractivity contribution is 6.35. The number of aromatic nitrogens is 2. The molecule has 11 heteroatoms. The van der Waals surface area contributed by atoms with E-state index in [1.54, 1.807) is 18.2 Å². The molecular formula is C35H37ClFN5O4. The average Bonchev–Trinajstić information content (AvgIpc) is 3.47. The van der Waals surface area contributed by atoms with Crippen molar-refractivity contribution in [3.05, 3.63) is 53.3 Å². The van der Waals surface area contributed by atoms with Crippen molar-refractivity contribution >= 4 is 39.1 Å². The van der Waals surface area contributed by atoms with Gasteiger partial charge in [0, 0.05) is 54.8 Å². The summed E-state index contributed by atoms with van der Waals surface area (Å²) in [5.41, 5.74) is 0.676. The Morgan fingerprint density at radius 2 is 1.74 bits per heavy atom. The predicted molar refractivity (Wildman–Crippen MR) is 174 cm³/mol. The first kappa shape index (κ1) is 28.9. The van der Waals surface area contributed by atoms with Gasteiger partial charge in [-0.3, -0.25) is 4.90 Å². The lowest BCUT2D eigenvalue weighted by Gasteiger charge is -2.47. The van der Waals surface area contributed by atoms with E-state index < -0.39 is 5.82 Å². The molecule has 6 heterocycles. The van der Waals surface area contributed by atoms with Gasteiger partial charge < -0.3 is 29.5 Å². The van der Waals surface area contributed by atoms with Crippen molar-refractivity contribution in [2.24, 2.45) is 5.41 Å². The van der Waals surface area contributed by atoms with E-state index in [0.29, 0.717) is 60.8 Å². The lowest BCUT2D eigenvalue weighted by molar-refractivity contribution is -0.158. The van der Waals surface area contributed by atoms with E-state index in [1.807, 2.05) is 24.3 Å². The minimum Gasteiger partial charge on any atom is -0.508 e. The van der Waals surface area contributed by atoms with Gasteiger partial charge in [-0.05, 0) is 60.2 Å². The number of phenolic OH excluding ortho intramolecular Hbond substituents is 1.